The number of ketones is 1. The van der Waals surface area contributed by atoms with Crippen LogP contribution in [0.1, 0.15) is 20.3 Å². The Morgan fingerprint density at radius 3 is 2.59 bits per heavy atom. The van der Waals surface area contributed by atoms with Crippen LogP contribution >= 0.6 is 0 Å². The first kappa shape index (κ1) is 12.2. The largest absolute Gasteiger partial charge is 0.298 e. The Morgan fingerprint density at radius 2 is 2.12 bits per heavy atom. The fraction of sp³-hybridized carbons (Fsp3) is 0.455. The summed E-state index contributed by atoms with van der Waals surface area (Å²) in [5, 5.41) is 0. The zero-order valence-electron chi connectivity index (χ0n) is 9.75. The Hall–Kier alpha value is -1.27. The van der Waals surface area contributed by atoms with Crippen molar-refractivity contribution >= 4 is 15.8 Å². The van der Waals surface area contributed by atoms with Crippen molar-refractivity contribution in [3.63, 3.8) is 0 Å². The summed E-state index contributed by atoms with van der Waals surface area (Å²) in [7, 11) is -3.63. The van der Waals surface area contributed by atoms with Gasteiger partial charge in [-0.15, -0.1) is 0 Å². The van der Waals surface area contributed by atoms with Gasteiger partial charge >= 0.3 is 0 Å². The predicted molar refractivity (Wildman–Crippen MR) is 61.8 cm³/mol. The van der Waals surface area contributed by atoms with Crippen molar-refractivity contribution in [2.24, 2.45) is 0 Å². The lowest BCUT2D eigenvalue weighted by Crippen LogP contribution is -2.42. The van der Waals surface area contributed by atoms with Crippen molar-refractivity contribution in [3.05, 3.63) is 24.5 Å². The summed E-state index contributed by atoms with van der Waals surface area (Å²) < 4.78 is 25.9. The Bertz CT molecular complexity index is 537. The minimum atomic E-state index is -3.63. The molecule has 0 unspecified atom stereocenters. The van der Waals surface area contributed by atoms with Crippen molar-refractivity contribution in [1.29, 1.82) is 0 Å². The molecule has 5 nitrogen and oxygen atoms in total. The van der Waals surface area contributed by atoms with E-state index in [1.807, 2.05) is 0 Å². The minimum absolute atomic E-state index is 0.0514. The van der Waals surface area contributed by atoms with E-state index in [-0.39, 0.29) is 23.6 Å². The van der Waals surface area contributed by atoms with Crippen LogP contribution in [-0.2, 0) is 14.8 Å². The van der Waals surface area contributed by atoms with E-state index in [0.717, 1.165) is 0 Å². The average molecular weight is 254 g/mol. The van der Waals surface area contributed by atoms with Gasteiger partial charge in [0.25, 0.3) is 0 Å². The highest BCUT2D eigenvalue weighted by Gasteiger charge is 2.44. The number of carbonyl (C=O) groups excluding carboxylic acids is 1. The van der Waals surface area contributed by atoms with Crippen LogP contribution in [0.3, 0.4) is 0 Å². The summed E-state index contributed by atoms with van der Waals surface area (Å²) in [5.74, 6) is -0.0533. The van der Waals surface area contributed by atoms with Crippen LogP contribution < -0.4 is 0 Å². The summed E-state index contributed by atoms with van der Waals surface area (Å²) in [4.78, 5) is 15.4. The van der Waals surface area contributed by atoms with E-state index in [4.69, 9.17) is 0 Å². The van der Waals surface area contributed by atoms with Crippen LogP contribution in [-0.4, -0.2) is 35.6 Å². The Morgan fingerprint density at radius 1 is 1.41 bits per heavy atom. The third kappa shape index (κ3) is 2.10. The van der Waals surface area contributed by atoms with Crippen LogP contribution in [0.25, 0.3) is 0 Å². The number of Topliss-reactive ketones (excluding diaryl/α,β-unsaturated/α-hetero) is 1. The molecule has 92 valence electrons. The van der Waals surface area contributed by atoms with Gasteiger partial charge in [-0.25, -0.2) is 8.42 Å². The summed E-state index contributed by atoms with van der Waals surface area (Å²) in [5.41, 5.74) is -0.661. The molecule has 2 heterocycles. The molecular weight excluding hydrogens is 240 g/mol. The maximum absolute atomic E-state index is 12.3. The van der Waals surface area contributed by atoms with E-state index < -0.39 is 15.6 Å². The normalized spacial score (nSPS) is 20.7. The first-order valence-electron chi connectivity index (χ1n) is 5.29. The zero-order valence-corrected chi connectivity index (χ0v) is 10.6. The quantitative estimate of drug-likeness (QED) is 0.783. The standard InChI is InChI=1S/C11H14N2O3S/c1-11(2)6-9(14)8-13(11)17(15,16)10-4-3-5-12-7-10/h3-5,7H,6,8H2,1-2H3. The van der Waals surface area contributed by atoms with Gasteiger partial charge in [-0.1, -0.05) is 0 Å². The van der Waals surface area contributed by atoms with E-state index in [1.54, 1.807) is 19.9 Å². The average Bonchev–Trinajstić information content (AvgIpc) is 2.54. The molecule has 0 saturated carbocycles. The van der Waals surface area contributed by atoms with Gasteiger partial charge in [-0.05, 0) is 26.0 Å². The van der Waals surface area contributed by atoms with Crippen molar-refractivity contribution in [1.82, 2.24) is 9.29 Å². The second-order valence-electron chi connectivity index (χ2n) is 4.73. The van der Waals surface area contributed by atoms with Crippen molar-refractivity contribution in [2.45, 2.75) is 30.7 Å². The highest BCUT2D eigenvalue weighted by atomic mass is 32.2. The second-order valence-corrected chi connectivity index (χ2v) is 6.59. The van der Waals surface area contributed by atoms with E-state index in [1.165, 1.54) is 22.8 Å². The molecule has 17 heavy (non-hydrogen) atoms. The van der Waals surface area contributed by atoms with Crippen LogP contribution in [0.4, 0.5) is 0 Å². The molecule has 0 radical (unpaired) electrons. The number of hydrogen-bond acceptors (Lipinski definition) is 4. The number of nitrogens with zero attached hydrogens (tertiary/aromatic N) is 2. The molecule has 1 aliphatic rings. The van der Waals surface area contributed by atoms with Crippen molar-refractivity contribution in [2.75, 3.05) is 6.54 Å². The summed E-state index contributed by atoms with van der Waals surface area (Å²) in [6, 6.07) is 3.05. The lowest BCUT2D eigenvalue weighted by Gasteiger charge is -2.29. The molecule has 1 aromatic heterocycles. The third-order valence-electron chi connectivity index (χ3n) is 2.85. The van der Waals surface area contributed by atoms with Gasteiger partial charge in [-0.3, -0.25) is 9.78 Å². The van der Waals surface area contributed by atoms with Gasteiger partial charge in [0.2, 0.25) is 10.0 Å². The molecule has 1 aliphatic heterocycles. The molecule has 0 aliphatic carbocycles. The van der Waals surface area contributed by atoms with Crippen LogP contribution in [0.2, 0.25) is 0 Å². The Kier molecular flexibility index (Phi) is 2.79. The Balaban J connectivity index is 2.44. The van der Waals surface area contributed by atoms with Crippen molar-refractivity contribution < 1.29 is 13.2 Å². The smallest absolute Gasteiger partial charge is 0.245 e. The molecule has 0 aromatic carbocycles. The number of carbonyl (C=O) groups is 1. The third-order valence-corrected chi connectivity index (χ3v) is 4.89. The molecule has 1 aromatic rings. The highest BCUT2D eigenvalue weighted by Crippen LogP contribution is 2.31. The topological polar surface area (TPSA) is 67.3 Å². The monoisotopic (exact) mass is 254 g/mol. The van der Waals surface area contributed by atoms with Gasteiger partial charge in [0, 0.05) is 24.4 Å². The highest BCUT2D eigenvalue weighted by molar-refractivity contribution is 7.89. The Labute approximate surface area is 101 Å². The second kappa shape index (κ2) is 3.89. The van der Waals surface area contributed by atoms with Crippen LogP contribution in [0, 0.1) is 0 Å². The molecular formula is C11H14N2O3S. The zero-order chi connectivity index (χ0) is 12.7. The number of sulfonamides is 1. The molecule has 2 rings (SSSR count). The number of pyridine rings is 1. The fourth-order valence-electron chi connectivity index (χ4n) is 2.04. The molecule has 6 heteroatoms. The summed E-state index contributed by atoms with van der Waals surface area (Å²) in [6.07, 6.45) is 3.07. The molecule has 1 saturated heterocycles. The predicted octanol–water partition coefficient (Wildman–Crippen LogP) is 0.824. The first-order valence-corrected chi connectivity index (χ1v) is 6.73. The van der Waals surface area contributed by atoms with E-state index in [9.17, 15) is 13.2 Å². The molecule has 0 N–H and O–H groups in total. The molecule has 1 fully saturated rings. The number of aromatic nitrogens is 1. The number of hydrogen-bond donors (Lipinski definition) is 0. The summed E-state index contributed by atoms with van der Waals surface area (Å²) in [6.45, 7) is 3.46. The van der Waals surface area contributed by atoms with E-state index in [2.05, 4.69) is 4.98 Å². The first-order chi connectivity index (χ1) is 7.84. The lowest BCUT2D eigenvalue weighted by atomic mass is 10.0. The number of rotatable bonds is 2. The maximum Gasteiger partial charge on any atom is 0.245 e. The van der Waals surface area contributed by atoms with Crippen LogP contribution in [0.5, 0.6) is 0 Å². The van der Waals surface area contributed by atoms with Crippen LogP contribution in [0.15, 0.2) is 29.4 Å². The lowest BCUT2D eigenvalue weighted by molar-refractivity contribution is -0.116. The van der Waals surface area contributed by atoms with Gasteiger partial charge in [-0.2, -0.15) is 4.31 Å². The van der Waals surface area contributed by atoms with E-state index >= 15 is 0 Å². The van der Waals surface area contributed by atoms with Crippen molar-refractivity contribution in [3.8, 4) is 0 Å². The fourth-order valence-corrected chi connectivity index (χ4v) is 3.77. The van der Waals surface area contributed by atoms with Gasteiger partial charge < -0.3 is 0 Å². The molecule has 0 bridgehead atoms. The SMILES string of the molecule is CC1(C)CC(=O)CN1S(=O)(=O)c1cccnc1. The molecule has 0 spiro atoms. The van der Waals surface area contributed by atoms with Gasteiger partial charge in [0.05, 0.1) is 6.54 Å². The van der Waals surface area contributed by atoms with E-state index in [0.29, 0.717) is 0 Å². The van der Waals surface area contributed by atoms with Gasteiger partial charge in [0.1, 0.15) is 10.7 Å². The van der Waals surface area contributed by atoms with Gasteiger partial charge in [0.15, 0.2) is 0 Å². The molecule has 0 amide bonds. The summed E-state index contributed by atoms with van der Waals surface area (Å²) >= 11 is 0. The minimum Gasteiger partial charge on any atom is -0.298 e. The maximum atomic E-state index is 12.3. The molecule has 0 atom stereocenters.